The molecule has 0 saturated carbocycles. The molecule has 0 bridgehead atoms. The Morgan fingerprint density at radius 1 is 0.966 bits per heavy atom. The summed E-state index contributed by atoms with van der Waals surface area (Å²) >= 11 is 0. The lowest BCUT2D eigenvalue weighted by Crippen LogP contribution is -2.31. The van der Waals surface area contributed by atoms with Gasteiger partial charge in [-0.05, 0) is 74.2 Å². The lowest BCUT2D eigenvalue weighted by Gasteiger charge is -2.20. The summed E-state index contributed by atoms with van der Waals surface area (Å²) in [4.78, 5) is 12.6. The molecule has 1 N–H and O–H groups in total. The van der Waals surface area contributed by atoms with Crippen molar-refractivity contribution in [3.8, 4) is 5.75 Å². The Bertz CT molecular complexity index is 996. The van der Waals surface area contributed by atoms with Crippen molar-refractivity contribution in [2.24, 2.45) is 0 Å². The van der Waals surface area contributed by atoms with Crippen LogP contribution in [0.4, 0.5) is 5.69 Å². The molecule has 0 aromatic heterocycles. The van der Waals surface area contributed by atoms with E-state index in [9.17, 15) is 13.2 Å². The molecule has 6 nitrogen and oxygen atoms in total. The van der Waals surface area contributed by atoms with Gasteiger partial charge in [0.05, 0.1) is 4.90 Å². The van der Waals surface area contributed by atoms with E-state index in [1.807, 2.05) is 45.9 Å². The number of nitrogens with one attached hydrogen (secondary N) is 1. The van der Waals surface area contributed by atoms with Crippen LogP contribution < -0.4 is 10.1 Å². The van der Waals surface area contributed by atoms with Crippen LogP contribution in [0.2, 0.25) is 0 Å². The summed E-state index contributed by atoms with van der Waals surface area (Å²) in [6, 6.07) is 8.81. The molecule has 0 heterocycles. The van der Waals surface area contributed by atoms with E-state index < -0.39 is 10.0 Å². The molecule has 29 heavy (non-hydrogen) atoms. The van der Waals surface area contributed by atoms with Crippen LogP contribution in [0.5, 0.6) is 5.75 Å². The molecule has 2 rings (SSSR count). The molecular weight excluding hydrogens is 388 g/mol. The molecule has 0 aliphatic carbocycles. The molecule has 0 unspecified atom stereocenters. The van der Waals surface area contributed by atoms with E-state index in [0.717, 1.165) is 22.3 Å². The van der Waals surface area contributed by atoms with Crippen molar-refractivity contribution in [1.82, 2.24) is 4.31 Å². The minimum atomic E-state index is -3.61. The third-order valence-corrected chi connectivity index (χ3v) is 7.13. The fourth-order valence-corrected chi connectivity index (χ4v) is 4.53. The zero-order chi connectivity index (χ0) is 21.8. The van der Waals surface area contributed by atoms with E-state index in [2.05, 4.69) is 5.32 Å². The van der Waals surface area contributed by atoms with Crippen molar-refractivity contribution in [3.63, 3.8) is 0 Å². The van der Waals surface area contributed by atoms with Gasteiger partial charge in [0.15, 0.2) is 6.61 Å². The summed E-state index contributed by atoms with van der Waals surface area (Å²) in [5.74, 6) is 0.275. The number of nitrogens with zero attached hydrogens (tertiary/aromatic N) is 1. The van der Waals surface area contributed by atoms with Crippen molar-refractivity contribution in [1.29, 1.82) is 0 Å². The SMILES string of the molecule is CCN(CC)S(=O)(=O)c1cc(C)c(C)c(NC(=O)COc2ccc(C)c(C)c2)c1. The number of ether oxygens (including phenoxy) is 1. The fraction of sp³-hybridized carbons (Fsp3) is 0.409. The summed E-state index contributed by atoms with van der Waals surface area (Å²) < 4.78 is 32.7. The number of benzene rings is 2. The fourth-order valence-electron chi connectivity index (χ4n) is 2.96. The topological polar surface area (TPSA) is 75.7 Å². The molecule has 2 aromatic rings. The summed E-state index contributed by atoms with van der Waals surface area (Å²) in [6.07, 6.45) is 0. The number of hydrogen-bond donors (Lipinski definition) is 1. The Morgan fingerprint density at radius 2 is 1.62 bits per heavy atom. The predicted molar refractivity (Wildman–Crippen MR) is 116 cm³/mol. The second kappa shape index (κ2) is 9.41. The van der Waals surface area contributed by atoms with E-state index in [1.54, 1.807) is 19.9 Å². The number of sulfonamides is 1. The Labute approximate surface area is 173 Å². The summed E-state index contributed by atoms with van der Waals surface area (Å²) in [7, 11) is -3.61. The molecule has 0 spiro atoms. The summed E-state index contributed by atoms with van der Waals surface area (Å²) in [6.45, 7) is 11.9. The molecular formula is C22H30N2O4S. The van der Waals surface area contributed by atoms with Gasteiger partial charge in [0.1, 0.15) is 5.75 Å². The molecule has 0 aliphatic rings. The van der Waals surface area contributed by atoms with Crippen LogP contribution in [0.15, 0.2) is 35.2 Å². The van der Waals surface area contributed by atoms with Gasteiger partial charge in [-0.3, -0.25) is 4.79 Å². The average molecular weight is 419 g/mol. The normalized spacial score (nSPS) is 11.6. The largest absolute Gasteiger partial charge is 0.484 e. The third-order valence-electron chi connectivity index (χ3n) is 5.11. The molecule has 0 radical (unpaired) electrons. The Morgan fingerprint density at radius 3 is 2.21 bits per heavy atom. The van der Waals surface area contributed by atoms with Gasteiger partial charge >= 0.3 is 0 Å². The lowest BCUT2D eigenvalue weighted by molar-refractivity contribution is -0.118. The standard InChI is InChI=1S/C22H30N2O4S/c1-7-24(8-2)29(26,27)20-12-17(5)18(6)21(13-20)23-22(25)14-28-19-10-9-15(3)16(4)11-19/h9-13H,7-8,14H2,1-6H3,(H,23,25). The first-order valence-electron chi connectivity index (χ1n) is 9.71. The number of rotatable bonds is 8. The van der Waals surface area contributed by atoms with E-state index in [-0.39, 0.29) is 17.4 Å². The first-order chi connectivity index (χ1) is 13.6. The van der Waals surface area contributed by atoms with Crippen LogP contribution in [-0.2, 0) is 14.8 Å². The van der Waals surface area contributed by atoms with Gasteiger partial charge in [-0.1, -0.05) is 19.9 Å². The van der Waals surface area contributed by atoms with Crippen molar-refractivity contribution in [2.75, 3.05) is 25.0 Å². The highest BCUT2D eigenvalue weighted by molar-refractivity contribution is 7.89. The molecule has 158 valence electrons. The number of amides is 1. The van der Waals surface area contributed by atoms with Crippen LogP contribution >= 0.6 is 0 Å². The Hall–Kier alpha value is -2.38. The molecule has 0 aliphatic heterocycles. The molecule has 0 saturated heterocycles. The first kappa shape index (κ1) is 22.9. The Kier molecular flexibility index (Phi) is 7.43. The van der Waals surface area contributed by atoms with Crippen LogP contribution in [0.3, 0.4) is 0 Å². The van der Waals surface area contributed by atoms with Crippen molar-refractivity contribution in [2.45, 2.75) is 46.4 Å². The van der Waals surface area contributed by atoms with Crippen LogP contribution in [0, 0.1) is 27.7 Å². The molecule has 0 atom stereocenters. The summed E-state index contributed by atoms with van der Waals surface area (Å²) in [5, 5.41) is 2.79. The lowest BCUT2D eigenvalue weighted by atomic mass is 10.1. The van der Waals surface area contributed by atoms with Gasteiger partial charge in [0, 0.05) is 18.8 Å². The zero-order valence-electron chi connectivity index (χ0n) is 18.0. The van der Waals surface area contributed by atoms with Gasteiger partial charge in [0.2, 0.25) is 10.0 Å². The number of anilines is 1. The van der Waals surface area contributed by atoms with E-state index >= 15 is 0 Å². The highest BCUT2D eigenvalue weighted by Crippen LogP contribution is 2.26. The summed E-state index contributed by atoms with van der Waals surface area (Å²) in [5.41, 5.74) is 4.33. The second-order valence-corrected chi connectivity index (χ2v) is 9.02. The Balaban J connectivity index is 2.20. The van der Waals surface area contributed by atoms with Crippen LogP contribution in [0.25, 0.3) is 0 Å². The zero-order valence-corrected chi connectivity index (χ0v) is 18.8. The maximum absolute atomic E-state index is 12.9. The van der Waals surface area contributed by atoms with Gasteiger partial charge < -0.3 is 10.1 Å². The number of carbonyl (C=O) groups is 1. The van der Waals surface area contributed by atoms with Gasteiger partial charge in [-0.15, -0.1) is 0 Å². The number of carbonyl (C=O) groups excluding carboxylic acids is 1. The van der Waals surface area contributed by atoms with Crippen molar-refractivity contribution in [3.05, 3.63) is 52.6 Å². The minimum absolute atomic E-state index is 0.159. The minimum Gasteiger partial charge on any atom is -0.484 e. The molecule has 1 amide bonds. The van der Waals surface area contributed by atoms with E-state index in [0.29, 0.717) is 24.5 Å². The van der Waals surface area contributed by atoms with Crippen LogP contribution in [-0.4, -0.2) is 38.3 Å². The number of hydrogen-bond acceptors (Lipinski definition) is 4. The number of aryl methyl sites for hydroxylation is 3. The van der Waals surface area contributed by atoms with Gasteiger partial charge in [0.25, 0.3) is 5.91 Å². The van der Waals surface area contributed by atoms with E-state index in [1.165, 1.54) is 10.4 Å². The van der Waals surface area contributed by atoms with Gasteiger partial charge in [-0.2, -0.15) is 4.31 Å². The highest BCUT2D eigenvalue weighted by atomic mass is 32.2. The van der Waals surface area contributed by atoms with Crippen LogP contribution in [0.1, 0.15) is 36.1 Å². The highest BCUT2D eigenvalue weighted by Gasteiger charge is 2.23. The van der Waals surface area contributed by atoms with Crippen molar-refractivity contribution >= 4 is 21.6 Å². The van der Waals surface area contributed by atoms with Crippen molar-refractivity contribution < 1.29 is 17.9 Å². The van der Waals surface area contributed by atoms with E-state index in [4.69, 9.17) is 4.74 Å². The smallest absolute Gasteiger partial charge is 0.262 e. The molecule has 2 aromatic carbocycles. The quantitative estimate of drug-likeness (QED) is 0.704. The average Bonchev–Trinajstić information content (AvgIpc) is 2.66. The van der Waals surface area contributed by atoms with Gasteiger partial charge in [-0.25, -0.2) is 8.42 Å². The second-order valence-electron chi connectivity index (χ2n) is 7.08. The maximum atomic E-state index is 12.9. The molecule has 7 heteroatoms. The third kappa shape index (κ3) is 5.36. The predicted octanol–water partition coefficient (Wildman–Crippen LogP) is 3.97. The maximum Gasteiger partial charge on any atom is 0.262 e. The molecule has 0 fully saturated rings. The first-order valence-corrected chi connectivity index (χ1v) is 11.1. The monoisotopic (exact) mass is 418 g/mol.